The second kappa shape index (κ2) is 6.68. The van der Waals surface area contributed by atoms with Crippen LogP contribution >= 0.6 is 0 Å². The van der Waals surface area contributed by atoms with E-state index < -0.39 is 0 Å². The Balaban J connectivity index is 1.90. The van der Waals surface area contributed by atoms with Gasteiger partial charge in [-0.2, -0.15) is 0 Å². The Bertz CT molecular complexity index is 1050. The van der Waals surface area contributed by atoms with E-state index in [0.717, 1.165) is 29.9 Å². The summed E-state index contributed by atoms with van der Waals surface area (Å²) in [6.45, 7) is 9.76. The van der Waals surface area contributed by atoms with Crippen LogP contribution in [0, 0.1) is 6.57 Å². The van der Waals surface area contributed by atoms with E-state index in [1.165, 1.54) is 19.3 Å². The third-order valence-electron chi connectivity index (χ3n) is 5.13. The Kier molecular flexibility index (Phi) is 4.21. The molecular weight excluding hydrogens is 326 g/mol. The lowest BCUT2D eigenvalue weighted by molar-refractivity contribution is 0.578. The Morgan fingerprint density at radius 2 is 1.92 bits per heavy atom. The molecule has 6 heteroatoms. The molecule has 0 bridgehead atoms. The monoisotopic (exact) mass is 347 g/mol. The lowest BCUT2D eigenvalue weighted by atomic mass is 10.1. The number of fused-ring (bicyclic) bond motifs is 1. The number of benzene rings is 1. The Morgan fingerprint density at radius 1 is 1.15 bits per heavy atom. The van der Waals surface area contributed by atoms with Crippen LogP contribution in [0.1, 0.15) is 24.8 Å². The molecule has 0 N–H and O–H groups in total. The molecule has 1 saturated heterocycles. The molecule has 3 heterocycles. The maximum absolute atomic E-state index is 12.9. The van der Waals surface area contributed by atoms with Crippen molar-refractivity contribution in [3.05, 3.63) is 64.0 Å². The van der Waals surface area contributed by atoms with Gasteiger partial charge in [0.05, 0.1) is 12.3 Å². The molecule has 0 amide bonds. The highest BCUT2D eigenvalue weighted by atomic mass is 16.1. The molecule has 1 aliphatic heterocycles. The van der Waals surface area contributed by atoms with E-state index in [1.807, 2.05) is 24.3 Å². The Labute approximate surface area is 152 Å². The first-order valence-corrected chi connectivity index (χ1v) is 8.95. The fourth-order valence-corrected chi connectivity index (χ4v) is 3.77. The number of para-hydroxylation sites is 1. The summed E-state index contributed by atoms with van der Waals surface area (Å²) in [7, 11) is 1.76. The minimum absolute atomic E-state index is 0.100. The molecule has 0 atom stereocenters. The van der Waals surface area contributed by atoms with Crippen molar-refractivity contribution in [1.29, 1.82) is 0 Å². The Hall–Kier alpha value is -3.07. The van der Waals surface area contributed by atoms with Gasteiger partial charge >= 0.3 is 5.69 Å². The maximum Gasteiger partial charge on any atom is 0.330 e. The number of piperidine rings is 1. The molecule has 6 nitrogen and oxygen atoms in total. The molecule has 0 aliphatic carbocycles. The van der Waals surface area contributed by atoms with Crippen LogP contribution in [0.4, 0.5) is 11.4 Å². The first-order chi connectivity index (χ1) is 12.7. The van der Waals surface area contributed by atoms with Gasteiger partial charge in [-0.05, 0) is 30.9 Å². The van der Waals surface area contributed by atoms with Crippen molar-refractivity contribution in [1.82, 2.24) is 14.1 Å². The number of nitrogens with zero attached hydrogens (tertiary/aromatic N) is 5. The molecule has 4 rings (SSSR count). The number of anilines is 1. The normalized spacial score (nSPS) is 14.5. The molecule has 0 radical (unpaired) electrons. The number of aryl methyl sites for hydroxylation is 1. The van der Waals surface area contributed by atoms with Crippen LogP contribution in [0.25, 0.3) is 16.0 Å². The number of rotatable bonds is 3. The van der Waals surface area contributed by atoms with E-state index in [-0.39, 0.29) is 5.69 Å². The van der Waals surface area contributed by atoms with Crippen molar-refractivity contribution in [2.45, 2.75) is 25.8 Å². The largest absolute Gasteiger partial charge is 0.370 e. The smallest absolute Gasteiger partial charge is 0.330 e. The second-order valence-corrected chi connectivity index (χ2v) is 6.72. The molecular formula is C20H21N5O. The van der Waals surface area contributed by atoms with Gasteiger partial charge in [-0.1, -0.05) is 24.3 Å². The molecule has 3 aromatic rings. The van der Waals surface area contributed by atoms with Gasteiger partial charge in [-0.3, -0.25) is 9.13 Å². The number of aromatic nitrogens is 3. The fourth-order valence-electron chi connectivity index (χ4n) is 3.77. The number of hydrogen-bond donors (Lipinski definition) is 0. The van der Waals surface area contributed by atoms with E-state index >= 15 is 0 Å². The lowest BCUT2D eigenvalue weighted by Crippen LogP contribution is -2.30. The Morgan fingerprint density at radius 3 is 2.69 bits per heavy atom. The van der Waals surface area contributed by atoms with Gasteiger partial charge in [0.1, 0.15) is 5.52 Å². The summed E-state index contributed by atoms with van der Waals surface area (Å²) < 4.78 is 3.36. The zero-order valence-electron chi connectivity index (χ0n) is 14.9. The zero-order chi connectivity index (χ0) is 18.1. The SMILES string of the molecule is [C-]#[N+]c1ccccc1Cn1c(=O)n(C)c2nccc(N3CCCCC3)c21. The minimum Gasteiger partial charge on any atom is -0.370 e. The highest BCUT2D eigenvalue weighted by Gasteiger charge is 2.21. The molecule has 2 aromatic heterocycles. The fraction of sp³-hybridized carbons (Fsp3) is 0.350. The molecule has 0 spiro atoms. The van der Waals surface area contributed by atoms with Gasteiger partial charge in [-0.25, -0.2) is 14.6 Å². The predicted molar refractivity (Wildman–Crippen MR) is 103 cm³/mol. The van der Waals surface area contributed by atoms with Gasteiger partial charge in [0, 0.05) is 32.9 Å². The predicted octanol–water partition coefficient (Wildman–Crippen LogP) is 3.32. The van der Waals surface area contributed by atoms with Crippen molar-refractivity contribution >= 4 is 22.5 Å². The molecule has 1 fully saturated rings. The van der Waals surface area contributed by atoms with Crippen LogP contribution in [0.5, 0.6) is 0 Å². The van der Waals surface area contributed by atoms with Crippen LogP contribution in [0.3, 0.4) is 0 Å². The van der Waals surface area contributed by atoms with Gasteiger partial charge in [0.2, 0.25) is 0 Å². The third kappa shape index (κ3) is 2.66. The first-order valence-electron chi connectivity index (χ1n) is 8.95. The summed E-state index contributed by atoms with van der Waals surface area (Å²) in [4.78, 5) is 23.3. The van der Waals surface area contributed by atoms with Crippen molar-refractivity contribution in [3.63, 3.8) is 0 Å². The van der Waals surface area contributed by atoms with Gasteiger partial charge in [-0.15, -0.1) is 0 Å². The van der Waals surface area contributed by atoms with Crippen LogP contribution in [0.15, 0.2) is 41.3 Å². The summed E-state index contributed by atoms with van der Waals surface area (Å²) in [5, 5.41) is 0. The van der Waals surface area contributed by atoms with E-state index in [2.05, 4.69) is 14.7 Å². The van der Waals surface area contributed by atoms with Crippen molar-refractivity contribution < 1.29 is 0 Å². The highest BCUT2D eigenvalue weighted by Crippen LogP contribution is 2.28. The van der Waals surface area contributed by atoms with E-state index in [1.54, 1.807) is 28.4 Å². The molecule has 1 aromatic carbocycles. The van der Waals surface area contributed by atoms with E-state index in [0.29, 0.717) is 17.9 Å². The van der Waals surface area contributed by atoms with Crippen LogP contribution in [-0.4, -0.2) is 27.2 Å². The van der Waals surface area contributed by atoms with E-state index in [9.17, 15) is 4.79 Å². The van der Waals surface area contributed by atoms with Gasteiger partial charge in [0.25, 0.3) is 0 Å². The van der Waals surface area contributed by atoms with Crippen molar-refractivity contribution in [3.8, 4) is 0 Å². The number of hydrogen-bond acceptors (Lipinski definition) is 3. The minimum atomic E-state index is -0.100. The van der Waals surface area contributed by atoms with Crippen molar-refractivity contribution in [2.75, 3.05) is 18.0 Å². The summed E-state index contributed by atoms with van der Waals surface area (Å²) in [6, 6.07) is 9.47. The van der Waals surface area contributed by atoms with Crippen LogP contribution in [0.2, 0.25) is 0 Å². The summed E-state index contributed by atoms with van der Waals surface area (Å²) >= 11 is 0. The lowest BCUT2D eigenvalue weighted by Gasteiger charge is -2.29. The molecule has 26 heavy (non-hydrogen) atoms. The highest BCUT2D eigenvalue weighted by molar-refractivity contribution is 5.87. The summed E-state index contributed by atoms with van der Waals surface area (Å²) in [6.07, 6.45) is 5.37. The number of pyridine rings is 1. The average Bonchev–Trinajstić information content (AvgIpc) is 2.94. The molecule has 132 valence electrons. The topological polar surface area (TPSA) is 47.4 Å². The quantitative estimate of drug-likeness (QED) is 0.683. The van der Waals surface area contributed by atoms with Gasteiger partial charge in [0.15, 0.2) is 11.3 Å². The van der Waals surface area contributed by atoms with Crippen molar-refractivity contribution in [2.24, 2.45) is 7.05 Å². The van der Waals surface area contributed by atoms with Crippen LogP contribution < -0.4 is 10.6 Å². The maximum atomic E-state index is 12.9. The first kappa shape index (κ1) is 16.4. The van der Waals surface area contributed by atoms with Crippen LogP contribution in [-0.2, 0) is 13.6 Å². The molecule has 1 aliphatic rings. The third-order valence-corrected chi connectivity index (χ3v) is 5.13. The standard InChI is InChI=1S/C20H21N5O/c1-21-16-9-5-4-8-15(16)14-25-18-17(24-12-6-3-7-13-24)10-11-22-19(18)23(2)20(25)26/h4-5,8-11H,3,6-7,12-14H2,2H3. The summed E-state index contributed by atoms with van der Waals surface area (Å²) in [5.74, 6) is 0. The van der Waals surface area contributed by atoms with Gasteiger partial charge < -0.3 is 4.90 Å². The molecule has 0 unspecified atom stereocenters. The molecule has 0 saturated carbocycles. The summed E-state index contributed by atoms with van der Waals surface area (Å²) in [5.41, 5.74) is 3.95. The average molecular weight is 347 g/mol. The van der Waals surface area contributed by atoms with E-state index in [4.69, 9.17) is 6.57 Å². The zero-order valence-corrected chi connectivity index (χ0v) is 14.9. The number of imidazole rings is 1. The second-order valence-electron chi connectivity index (χ2n) is 6.72.